The van der Waals surface area contributed by atoms with Gasteiger partial charge in [-0.2, -0.15) is 0 Å². The highest BCUT2D eigenvalue weighted by Gasteiger charge is 2.05. The molecule has 152 valence electrons. The Kier molecular flexibility index (Phi) is 18.6. The Bertz CT molecular complexity index is 252. The zero-order valence-corrected chi connectivity index (χ0v) is 18.0. The molecule has 0 aromatic rings. The van der Waals surface area contributed by atoms with Gasteiger partial charge in [-0.1, -0.05) is 110 Å². The van der Waals surface area contributed by atoms with E-state index in [0.29, 0.717) is 6.54 Å². The van der Waals surface area contributed by atoms with Crippen LogP contribution in [-0.2, 0) is 0 Å². The molecule has 0 amide bonds. The lowest BCUT2D eigenvalue weighted by Gasteiger charge is -2.37. The molecule has 0 radical (unpaired) electrons. The Hall–Kier alpha value is -0.0800. The van der Waals surface area contributed by atoms with E-state index in [4.69, 9.17) is 0 Å². The third kappa shape index (κ3) is 20.1. The first kappa shape index (κ1) is 24.9. The van der Waals surface area contributed by atoms with Gasteiger partial charge in [0.1, 0.15) is 0 Å². The summed E-state index contributed by atoms with van der Waals surface area (Å²) in [5, 5.41) is 11.8. The molecule has 0 aromatic carbocycles. The minimum absolute atomic E-state index is 0.0567. The molecule has 0 bridgehead atoms. The molecule has 0 spiro atoms. The van der Waals surface area contributed by atoms with Crippen molar-refractivity contribution < 1.29 is 4.65 Å². The highest BCUT2D eigenvalue weighted by Crippen LogP contribution is 2.14. The van der Waals surface area contributed by atoms with E-state index < -0.39 is 0 Å². The summed E-state index contributed by atoms with van der Waals surface area (Å²) in [6.07, 6.45) is 25.2. The second kappa shape index (κ2) is 18.7. The van der Waals surface area contributed by atoms with E-state index in [1.807, 2.05) is 6.92 Å². The molecular weight excluding hydrogens is 306 g/mol. The first-order chi connectivity index (χ1) is 12.1. The van der Waals surface area contributed by atoms with Crippen molar-refractivity contribution >= 4 is 0 Å². The van der Waals surface area contributed by atoms with Gasteiger partial charge in [-0.05, 0) is 19.8 Å². The van der Waals surface area contributed by atoms with Gasteiger partial charge in [0.25, 0.3) is 0 Å². The molecule has 1 unspecified atom stereocenters. The fourth-order valence-corrected chi connectivity index (χ4v) is 3.51. The van der Waals surface area contributed by atoms with Crippen LogP contribution in [-0.4, -0.2) is 24.8 Å². The van der Waals surface area contributed by atoms with Crippen LogP contribution in [0.15, 0.2) is 0 Å². The fourth-order valence-electron chi connectivity index (χ4n) is 3.51. The lowest BCUT2D eigenvalue weighted by molar-refractivity contribution is -0.859. The molecule has 0 rings (SSSR count). The van der Waals surface area contributed by atoms with Gasteiger partial charge < -0.3 is 9.85 Å². The first-order valence-electron chi connectivity index (χ1n) is 11.7. The maximum absolute atomic E-state index is 11.8. The van der Waals surface area contributed by atoms with Crippen molar-refractivity contribution in [1.82, 2.24) is 0 Å². The number of nitrogens with zero attached hydrogens (tertiary/aromatic N) is 1. The Morgan fingerprint density at radius 3 is 1.04 bits per heavy atom. The van der Waals surface area contributed by atoms with Crippen LogP contribution < -0.4 is 0 Å². The van der Waals surface area contributed by atoms with Gasteiger partial charge in [-0.25, -0.2) is 0 Å². The minimum atomic E-state index is -0.0567. The van der Waals surface area contributed by atoms with Gasteiger partial charge in [0.15, 0.2) is 0 Å². The van der Waals surface area contributed by atoms with Crippen molar-refractivity contribution in [2.24, 2.45) is 0 Å². The molecule has 2 nitrogen and oxygen atoms in total. The summed E-state index contributed by atoms with van der Waals surface area (Å²) in [4.78, 5) is 0. The topological polar surface area (TPSA) is 23.1 Å². The molecule has 0 saturated carbocycles. The van der Waals surface area contributed by atoms with Crippen LogP contribution in [0.25, 0.3) is 0 Å². The second-order valence-corrected chi connectivity index (χ2v) is 8.35. The van der Waals surface area contributed by atoms with Gasteiger partial charge >= 0.3 is 0 Å². The van der Waals surface area contributed by atoms with E-state index in [9.17, 15) is 5.21 Å². The summed E-state index contributed by atoms with van der Waals surface area (Å²) in [6.45, 7) is 5.79. The van der Waals surface area contributed by atoms with E-state index in [1.54, 1.807) is 7.05 Å². The predicted molar refractivity (Wildman–Crippen MR) is 114 cm³/mol. The smallest absolute Gasteiger partial charge is 0.0781 e. The maximum atomic E-state index is 11.8. The van der Waals surface area contributed by atoms with Gasteiger partial charge in [0.2, 0.25) is 0 Å². The lowest BCUT2D eigenvalue weighted by atomic mass is 10.0. The molecule has 0 aliphatic rings. The molecular formula is C23H49NO. The summed E-state index contributed by atoms with van der Waals surface area (Å²) in [5.41, 5.74) is 0. The lowest BCUT2D eigenvalue weighted by Crippen LogP contribution is -2.37. The van der Waals surface area contributed by atoms with Gasteiger partial charge in [0, 0.05) is 0 Å². The average molecular weight is 356 g/mol. The number of quaternary nitrogens is 1. The number of hydroxylamine groups is 3. The highest BCUT2D eigenvalue weighted by molar-refractivity contribution is 4.50. The second-order valence-electron chi connectivity index (χ2n) is 8.35. The summed E-state index contributed by atoms with van der Waals surface area (Å²) >= 11 is 0. The molecule has 0 heterocycles. The standard InChI is InChI=1S/C23H49NO/c1-4-6-7-8-9-10-11-12-13-14-15-16-17-18-19-20-21-22-23-24(3,25)5-2/h4-23H2,1-3H3. The van der Waals surface area contributed by atoms with Gasteiger partial charge in [0.05, 0.1) is 20.1 Å². The van der Waals surface area contributed by atoms with Crippen LogP contribution >= 0.6 is 0 Å². The summed E-state index contributed by atoms with van der Waals surface area (Å²) in [7, 11) is 1.80. The van der Waals surface area contributed by atoms with E-state index in [2.05, 4.69) is 6.92 Å². The van der Waals surface area contributed by atoms with Gasteiger partial charge in [-0.15, -0.1) is 0 Å². The van der Waals surface area contributed by atoms with E-state index in [-0.39, 0.29) is 4.65 Å². The Labute approximate surface area is 159 Å². The van der Waals surface area contributed by atoms with Crippen LogP contribution in [0, 0.1) is 5.21 Å². The number of unbranched alkanes of at least 4 members (excludes halogenated alkanes) is 17. The zero-order chi connectivity index (χ0) is 18.6. The van der Waals surface area contributed by atoms with Crippen molar-refractivity contribution in [1.29, 1.82) is 0 Å². The summed E-state index contributed by atoms with van der Waals surface area (Å²) in [5.74, 6) is 0. The Morgan fingerprint density at radius 2 is 0.760 bits per heavy atom. The Balaban J connectivity index is 3.05. The van der Waals surface area contributed by atoms with Crippen LogP contribution in [0.2, 0.25) is 0 Å². The molecule has 0 aromatic heterocycles. The third-order valence-electron chi connectivity index (χ3n) is 5.65. The Morgan fingerprint density at radius 1 is 0.480 bits per heavy atom. The highest BCUT2D eigenvalue weighted by atomic mass is 16.5. The fraction of sp³-hybridized carbons (Fsp3) is 1.00. The van der Waals surface area contributed by atoms with Crippen LogP contribution in [0.4, 0.5) is 0 Å². The quantitative estimate of drug-likeness (QED) is 0.123. The zero-order valence-electron chi connectivity index (χ0n) is 18.0. The predicted octanol–water partition coefficient (Wildman–Crippen LogP) is 7.99. The normalized spacial score (nSPS) is 13.9. The van der Waals surface area contributed by atoms with E-state index in [1.165, 1.54) is 109 Å². The van der Waals surface area contributed by atoms with Crippen LogP contribution in [0.1, 0.15) is 129 Å². The van der Waals surface area contributed by atoms with E-state index in [0.717, 1.165) is 13.0 Å². The average Bonchev–Trinajstić information content (AvgIpc) is 2.60. The number of hydrogen-bond acceptors (Lipinski definition) is 1. The van der Waals surface area contributed by atoms with Crippen molar-refractivity contribution in [2.45, 2.75) is 129 Å². The summed E-state index contributed by atoms with van der Waals surface area (Å²) in [6, 6.07) is 0. The van der Waals surface area contributed by atoms with Gasteiger partial charge in [-0.3, -0.25) is 0 Å². The molecule has 25 heavy (non-hydrogen) atoms. The van der Waals surface area contributed by atoms with Crippen LogP contribution in [0.3, 0.4) is 0 Å². The monoisotopic (exact) mass is 355 g/mol. The van der Waals surface area contributed by atoms with Crippen molar-refractivity contribution in [3.8, 4) is 0 Å². The third-order valence-corrected chi connectivity index (χ3v) is 5.65. The molecule has 2 heteroatoms. The molecule has 0 aliphatic heterocycles. The van der Waals surface area contributed by atoms with Crippen molar-refractivity contribution in [3.63, 3.8) is 0 Å². The largest absolute Gasteiger partial charge is 0.633 e. The number of rotatable bonds is 20. The number of hydrogen-bond donors (Lipinski definition) is 0. The molecule has 0 N–H and O–H groups in total. The van der Waals surface area contributed by atoms with Crippen LogP contribution in [0.5, 0.6) is 0 Å². The summed E-state index contributed by atoms with van der Waals surface area (Å²) < 4.78 is -0.0567. The molecule has 0 aliphatic carbocycles. The molecule has 1 atom stereocenters. The maximum Gasteiger partial charge on any atom is 0.0781 e. The van der Waals surface area contributed by atoms with Crippen molar-refractivity contribution in [2.75, 3.05) is 20.1 Å². The first-order valence-corrected chi connectivity index (χ1v) is 11.7. The molecule has 0 saturated heterocycles. The van der Waals surface area contributed by atoms with Crippen molar-refractivity contribution in [3.05, 3.63) is 5.21 Å². The SMILES string of the molecule is CCCCCCCCCCCCCCCCCCCC[N+](C)([O-])CC. The van der Waals surface area contributed by atoms with E-state index >= 15 is 0 Å². The minimum Gasteiger partial charge on any atom is -0.633 e. The molecule has 0 fully saturated rings.